The maximum Gasteiger partial charge on any atom is 0.0781 e. The molecule has 0 amide bonds. The Morgan fingerprint density at radius 2 is 0.698 bits per heavy atom. The van der Waals surface area contributed by atoms with Crippen molar-refractivity contribution >= 4 is 0 Å². The van der Waals surface area contributed by atoms with Gasteiger partial charge < -0.3 is 47.4 Å². The molecule has 0 saturated heterocycles. The number of methoxy groups -OCH3 is 4. The highest BCUT2D eigenvalue weighted by Gasteiger charge is 2.01. The lowest BCUT2D eigenvalue weighted by atomic mass is 10.3. The highest BCUT2D eigenvalue weighted by atomic mass is 16.6. The molecular weight excluding hydrogens is 556 g/mol. The molecular formula is C33H74O10. The van der Waals surface area contributed by atoms with E-state index < -0.39 is 0 Å². The zero-order valence-corrected chi connectivity index (χ0v) is 30.6. The van der Waals surface area contributed by atoms with Crippen LogP contribution in [0, 0.1) is 0 Å². The van der Waals surface area contributed by atoms with Crippen LogP contribution in [0.1, 0.15) is 88.0 Å². The Morgan fingerprint density at radius 1 is 0.372 bits per heavy atom. The summed E-state index contributed by atoms with van der Waals surface area (Å²) in [6.07, 6.45) is 5.55. The van der Waals surface area contributed by atoms with Gasteiger partial charge in [-0.05, 0) is 60.3 Å². The quantitative estimate of drug-likeness (QED) is 0.103. The molecule has 0 radical (unpaired) electrons. The van der Waals surface area contributed by atoms with Crippen molar-refractivity contribution in [2.24, 2.45) is 0 Å². The van der Waals surface area contributed by atoms with Crippen molar-refractivity contribution in [1.82, 2.24) is 0 Å². The van der Waals surface area contributed by atoms with Gasteiger partial charge in [-0.25, -0.2) is 0 Å². The molecule has 0 aromatic rings. The second kappa shape index (κ2) is 43.7. The molecule has 10 nitrogen and oxygen atoms in total. The van der Waals surface area contributed by atoms with Gasteiger partial charge in [0.15, 0.2) is 0 Å². The van der Waals surface area contributed by atoms with Gasteiger partial charge in [0.1, 0.15) is 0 Å². The molecule has 0 fully saturated rings. The van der Waals surface area contributed by atoms with Crippen LogP contribution in [0.5, 0.6) is 0 Å². The minimum Gasteiger partial charge on any atom is -0.382 e. The molecule has 0 spiro atoms. The third kappa shape index (κ3) is 51.5. The largest absolute Gasteiger partial charge is 0.382 e. The smallest absolute Gasteiger partial charge is 0.0781 e. The zero-order valence-electron chi connectivity index (χ0n) is 30.6. The molecule has 0 bridgehead atoms. The summed E-state index contributed by atoms with van der Waals surface area (Å²) in [4.78, 5) is 0. The van der Waals surface area contributed by atoms with Crippen molar-refractivity contribution in [2.75, 3.05) is 101 Å². The fourth-order valence-corrected chi connectivity index (χ4v) is 2.43. The van der Waals surface area contributed by atoms with Gasteiger partial charge in [0.2, 0.25) is 0 Å². The second-order valence-corrected chi connectivity index (χ2v) is 10.2. The normalized spacial score (nSPS) is 14.2. The molecule has 43 heavy (non-hydrogen) atoms. The van der Waals surface area contributed by atoms with E-state index in [0.29, 0.717) is 71.7 Å². The summed E-state index contributed by atoms with van der Waals surface area (Å²) in [7, 11) is 6.73. The van der Waals surface area contributed by atoms with E-state index in [-0.39, 0.29) is 18.3 Å². The van der Waals surface area contributed by atoms with E-state index in [1.165, 1.54) is 0 Å². The van der Waals surface area contributed by atoms with Crippen molar-refractivity contribution in [3.63, 3.8) is 0 Å². The average Bonchev–Trinajstić information content (AvgIpc) is 3.01. The summed E-state index contributed by atoms with van der Waals surface area (Å²) >= 11 is 0. The van der Waals surface area contributed by atoms with Gasteiger partial charge in [-0.15, -0.1) is 0 Å². The van der Waals surface area contributed by atoms with E-state index in [9.17, 15) is 0 Å². The third-order valence-electron chi connectivity index (χ3n) is 5.72. The predicted octanol–water partition coefficient (Wildman–Crippen LogP) is 6.21. The first-order valence-corrected chi connectivity index (χ1v) is 16.2. The fraction of sp³-hybridized carbons (Fsp3) is 1.00. The van der Waals surface area contributed by atoms with E-state index in [0.717, 1.165) is 38.9 Å². The van der Waals surface area contributed by atoms with Gasteiger partial charge >= 0.3 is 0 Å². The first kappa shape index (κ1) is 49.5. The Balaban J connectivity index is -0.000000239. The molecule has 5 unspecified atom stereocenters. The summed E-state index contributed by atoms with van der Waals surface area (Å²) in [5.41, 5.74) is 0. The fourth-order valence-electron chi connectivity index (χ4n) is 2.43. The van der Waals surface area contributed by atoms with Crippen molar-refractivity contribution in [1.29, 1.82) is 0 Å². The van der Waals surface area contributed by atoms with Gasteiger partial charge in [0.25, 0.3) is 0 Å². The molecule has 266 valence electrons. The first-order chi connectivity index (χ1) is 20.6. The molecule has 10 heteroatoms. The Labute approximate surface area is 267 Å². The Hall–Kier alpha value is -0.400. The van der Waals surface area contributed by atoms with Gasteiger partial charge in [0.05, 0.1) is 90.0 Å². The minimum absolute atomic E-state index is 0.170. The van der Waals surface area contributed by atoms with E-state index in [2.05, 4.69) is 41.5 Å². The maximum atomic E-state index is 5.44. The highest BCUT2D eigenvalue weighted by Crippen LogP contribution is 1.96. The summed E-state index contributed by atoms with van der Waals surface area (Å²) < 4.78 is 51.6. The lowest BCUT2D eigenvalue weighted by molar-refractivity contribution is -0.0234. The van der Waals surface area contributed by atoms with Gasteiger partial charge in [0, 0.05) is 41.7 Å². The van der Waals surface area contributed by atoms with Crippen molar-refractivity contribution < 1.29 is 47.4 Å². The molecule has 0 aromatic carbocycles. The minimum atomic E-state index is 0.170. The second-order valence-electron chi connectivity index (χ2n) is 10.2. The molecule has 0 aliphatic heterocycles. The van der Waals surface area contributed by atoms with Crippen molar-refractivity contribution in [2.45, 2.75) is 119 Å². The van der Waals surface area contributed by atoms with Gasteiger partial charge in [-0.1, -0.05) is 27.7 Å². The lowest BCUT2D eigenvalue weighted by Gasteiger charge is -2.12. The average molecular weight is 631 g/mol. The highest BCUT2D eigenvalue weighted by molar-refractivity contribution is 4.48. The van der Waals surface area contributed by atoms with Crippen LogP contribution < -0.4 is 0 Å². The summed E-state index contributed by atoms with van der Waals surface area (Å²) in [5.74, 6) is 0. The number of rotatable bonds is 26. The van der Waals surface area contributed by atoms with E-state index in [1.807, 2.05) is 20.8 Å². The van der Waals surface area contributed by atoms with Gasteiger partial charge in [-0.2, -0.15) is 0 Å². The van der Waals surface area contributed by atoms with E-state index in [4.69, 9.17) is 47.4 Å². The summed E-state index contributed by atoms with van der Waals surface area (Å²) in [6, 6.07) is 0. The predicted molar refractivity (Wildman–Crippen MR) is 177 cm³/mol. The molecule has 0 aliphatic rings. The number of ether oxygens (including phenoxy) is 10. The molecule has 0 saturated carbocycles. The molecule has 0 rings (SSSR count). The van der Waals surface area contributed by atoms with Crippen molar-refractivity contribution in [3.05, 3.63) is 0 Å². The van der Waals surface area contributed by atoms with Crippen LogP contribution in [0.3, 0.4) is 0 Å². The molecule has 5 atom stereocenters. The first-order valence-electron chi connectivity index (χ1n) is 16.2. The maximum absolute atomic E-state index is 5.44. The standard InChI is InChI=1S/C10H22O3.C9H20O3.2C7H16O2/c1-5-9(2)13-7-6-12-8-10(3)11-4;1-4-5-11-8-9(2)12-7-6-10-3;1-4-7(2)9-6-5-8-3;1-4-5-9-6-7(2)8-3/h9-10H,5-8H2,1-4H3;9H,4-8H2,1-3H3;2*7H,4-6H2,1-3H3. The van der Waals surface area contributed by atoms with Crippen LogP contribution >= 0.6 is 0 Å². The van der Waals surface area contributed by atoms with Crippen LogP contribution in [0.25, 0.3) is 0 Å². The Kier molecular flexibility index (Phi) is 50.3. The topological polar surface area (TPSA) is 92.3 Å². The van der Waals surface area contributed by atoms with Crippen molar-refractivity contribution in [3.8, 4) is 0 Å². The van der Waals surface area contributed by atoms with Gasteiger partial charge in [-0.3, -0.25) is 0 Å². The van der Waals surface area contributed by atoms with Crippen LogP contribution in [0.15, 0.2) is 0 Å². The summed E-state index contributed by atoms with van der Waals surface area (Å²) in [6.45, 7) is 26.2. The van der Waals surface area contributed by atoms with Crippen LogP contribution in [0.4, 0.5) is 0 Å². The third-order valence-corrected chi connectivity index (χ3v) is 5.72. The number of hydrogen-bond acceptors (Lipinski definition) is 10. The monoisotopic (exact) mass is 631 g/mol. The Bertz CT molecular complexity index is 421. The zero-order chi connectivity index (χ0) is 33.6. The lowest BCUT2D eigenvalue weighted by Crippen LogP contribution is -2.18. The molecule has 0 aromatic heterocycles. The van der Waals surface area contributed by atoms with Crippen LogP contribution in [-0.2, 0) is 47.4 Å². The van der Waals surface area contributed by atoms with Crippen LogP contribution in [-0.4, -0.2) is 132 Å². The van der Waals surface area contributed by atoms with E-state index in [1.54, 1.807) is 28.4 Å². The number of hydrogen-bond donors (Lipinski definition) is 0. The summed E-state index contributed by atoms with van der Waals surface area (Å²) in [5, 5.41) is 0. The van der Waals surface area contributed by atoms with Crippen LogP contribution in [0.2, 0.25) is 0 Å². The van der Waals surface area contributed by atoms with E-state index >= 15 is 0 Å². The Morgan fingerprint density at radius 3 is 1.02 bits per heavy atom. The molecule has 0 N–H and O–H groups in total. The molecule has 0 aliphatic carbocycles. The SMILES string of the molecule is CCC(C)OCCOC.CCC(C)OCCOCC(C)OC.CCCOCC(C)OC.CCCOCC(C)OCCOC. The molecule has 0 heterocycles.